The second kappa shape index (κ2) is 23.8. The number of aliphatic hydroxyl groups is 2. The third-order valence-electron chi connectivity index (χ3n) is 14.5. The van der Waals surface area contributed by atoms with E-state index < -0.39 is 11.2 Å². The highest BCUT2D eigenvalue weighted by molar-refractivity contribution is 5.84. The van der Waals surface area contributed by atoms with Gasteiger partial charge in [-0.2, -0.15) is 20.7 Å². The number of carbonyl (C=O) groups is 1. The third kappa shape index (κ3) is 13.1. The van der Waals surface area contributed by atoms with Crippen molar-refractivity contribution in [1.82, 2.24) is 59.3 Å². The average Bonchev–Trinajstić information content (AvgIpc) is 4.44. The molecule has 23 nitrogen and oxygen atoms in total. The van der Waals surface area contributed by atoms with Crippen LogP contribution >= 0.6 is 0 Å². The summed E-state index contributed by atoms with van der Waals surface area (Å²) in [6.45, 7) is 16.0. The lowest BCUT2D eigenvalue weighted by molar-refractivity contribution is 0.0280. The van der Waals surface area contributed by atoms with Crippen LogP contribution in [0.3, 0.4) is 0 Å². The molecule has 12 heterocycles. The van der Waals surface area contributed by atoms with Crippen LogP contribution < -0.4 is 34.1 Å². The minimum absolute atomic E-state index is 0.112. The smallest absolute Gasteiger partial charge is 0.212 e. The first-order valence-electron chi connectivity index (χ1n) is 26.6. The van der Waals surface area contributed by atoms with Crippen LogP contribution in [-0.2, 0) is 6.54 Å². The van der Waals surface area contributed by atoms with Crippen LogP contribution in [0.15, 0.2) is 98.4 Å². The van der Waals surface area contributed by atoms with Gasteiger partial charge in [0.2, 0.25) is 11.8 Å². The summed E-state index contributed by atoms with van der Waals surface area (Å²) < 4.78 is 24.8. The van der Waals surface area contributed by atoms with Crippen LogP contribution in [-0.4, -0.2) is 162 Å². The van der Waals surface area contributed by atoms with Crippen LogP contribution in [0.5, 0.6) is 23.3 Å². The topological polar surface area (TPSA) is 276 Å². The number of aldehydes is 1. The number of nitrogens with zero attached hydrogens (tertiary/aromatic N) is 15. The van der Waals surface area contributed by atoms with Crippen LogP contribution in [0.2, 0.25) is 0 Å². The van der Waals surface area contributed by atoms with E-state index in [4.69, 9.17) is 28.9 Å². The summed E-state index contributed by atoms with van der Waals surface area (Å²) in [6, 6.07) is 15.3. The van der Waals surface area contributed by atoms with Crippen molar-refractivity contribution in [2.24, 2.45) is 23.7 Å². The van der Waals surface area contributed by atoms with Gasteiger partial charge in [0.05, 0.1) is 109 Å². The highest BCUT2D eigenvalue weighted by Gasteiger charge is 2.41. The van der Waals surface area contributed by atoms with Crippen molar-refractivity contribution in [3.8, 4) is 57.9 Å². The minimum atomic E-state index is -0.990. The van der Waals surface area contributed by atoms with Gasteiger partial charge in [-0.05, 0) is 75.1 Å². The Balaban J connectivity index is 0.000000159. The lowest BCUT2D eigenvalue weighted by Gasteiger charge is -2.22. The lowest BCUT2D eigenvalue weighted by atomic mass is 10.0. The summed E-state index contributed by atoms with van der Waals surface area (Å²) in [7, 11) is 3.16. The number of anilines is 2. The van der Waals surface area contributed by atoms with Crippen LogP contribution in [0.1, 0.15) is 54.7 Å². The first-order chi connectivity index (χ1) is 39.1. The lowest BCUT2D eigenvalue weighted by Crippen LogP contribution is -2.29. The molecule has 23 heteroatoms. The predicted molar refractivity (Wildman–Crippen MR) is 299 cm³/mol. The number of hydrogen-bond acceptors (Lipinski definition) is 21. The van der Waals surface area contributed by atoms with Crippen molar-refractivity contribution < 1.29 is 34.0 Å². The SMILES string of the molecule is CC(C)(O)COc1cc(-c2cnc(N3C[C@H]4CNC[C@H]4C3)cn2)c2c(C#N)cnn2c1.COc1ccc(C=O)cn1.COc1ccc(CN2C[C@@H]3CN(c4cnc(-c5cc(OCC(C)(C)O)cn6ncc(C#N)c56)cn4)C[C@@H]3C2)cn1. The van der Waals surface area contributed by atoms with Crippen LogP contribution in [0.25, 0.3) is 33.5 Å². The Labute approximate surface area is 468 Å². The summed E-state index contributed by atoms with van der Waals surface area (Å²) in [4.78, 5) is 44.2. The Bertz CT molecular complexity index is 3520. The van der Waals surface area contributed by atoms with E-state index in [9.17, 15) is 25.5 Å². The maximum Gasteiger partial charge on any atom is 0.212 e. The van der Waals surface area contributed by atoms with E-state index in [2.05, 4.69) is 68.4 Å². The van der Waals surface area contributed by atoms with E-state index in [1.807, 2.05) is 24.4 Å². The first-order valence-corrected chi connectivity index (χ1v) is 26.6. The summed E-state index contributed by atoms with van der Waals surface area (Å²) in [5.41, 5.74) is 4.66. The van der Waals surface area contributed by atoms with E-state index >= 15 is 0 Å². The molecule has 0 amide bonds. The molecular formula is C58H64N16O7. The van der Waals surface area contributed by atoms with Gasteiger partial charge in [0.25, 0.3) is 0 Å². The zero-order valence-electron chi connectivity index (χ0n) is 46.0. The van der Waals surface area contributed by atoms with Gasteiger partial charge in [0.1, 0.15) is 48.5 Å². The molecule has 81 heavy (non-hydrogen) atoms. The van der Waals surface area contributed by atoms with E-state index in [0.29, 0.717) is 97.2 Å². The van der Waals surface area contributed by atoms with Gasteiger partial charge in [-0.25, -0.2) is 29.0 Å². The van der Waals surface area contributed by atoms with E-state index in [1.165, 1.54) is 31.3 Å². The maximum atomic E-state index is 10.1. The Morgan fingerprint density at radius 2 is 1.10 bits per heavy atom. The molecule has 8 aromatic heterocycles. The fourth-order valence-electron chi connectivity index (χ4n) is 10.6. The number of ether oxygens (including phenoxy) is 4. The van der Waals surface area contributed by atoms with Gasteiger partial charge in [0, 0.05) is 100 Å². The Morgan fingerprint density at radius 3 is 1.49 bits per heavy atom. The highest BCUT2D eigenvalue weighted by atomic mass is 16.5. The highest BCUT2D eigenvalue weighted by Crippen LogP contribution is 2.36. The fourth-order valence-corrected chi connectivity index (χ4v) is 10.6. The molecule has 0 bridgehead atoms. The van der Waals surface area contributed by atoms with Gasteiger partial charge in [-0.3, -0.25) is 19.7 Å². The fraction of sp³-hybridized carbons (Fsp3) is 0.397. The van der Waals surface area contributed by atoms with Gasteiger partial charge < -0.3 is 44.3 Å². The largest absolute Gasteiger partial charge is 0.489 e. The van der Waals surface area contributed by atoms with Gasteiger partial charge >= 0.3 is 0 Å². The molecule has 0 aliphatic carbocycles. The zero-order valence-corrected chi connectivity index (χ0v) is 46.0. The van der Waals surface area contributed by atoms with Gasteiger partial charge in [0.15, 0.2) is 6.29 Å². The zero-order chi connectivity index (χ0) is 56.8. The molecular weight excluding hydrogens is 1030 g/mol. The summed E-state index contributed by atoms with van der Waals surface area (Å²) in [5.74, 6) is 6.45. The van der Waals surface area contributed by atoms with Crippen molar-refractivity contribution in [3.63, 3.8) is 0 Å². The molecule has 0 spiro atoms. The predicted octanol–water partition coefficient (Wildman–Crippen LogP) is 5.16. The standard InChI is InChI=1S/C29H32N8O3.C22H25N7O2.C7H7NO2/c1-29(2,38)18-40-23-6-24(28-20(7-30)9-34-37(28)17-23)25-10-32-26(11-31-25)36-15-21-13-35(14-22(21)16-36)12-19-4-5-27(39-3)33-8-19;1-22(2,30)13-31-17-3-18(21-14(4-23)7-27-29(21)12-17)19-8-26-20(9-25-19)28-10-15-5-24-6-16(15)11-28;1-10-7-3-2-6(5-9)4-8-7/h4-6,8-11,17,21-22,38H,12-16,18H2,1-3H3;3,7-9,12,15-16,24,30H,5-6,10-11,13H2,1-2H3;2-5H,1H3/t21-,22+;15-,16+;. The van der Waals surface area contributed by atoms with Crippen molar-refractivity contribution in [2.45, 2.75) is 45.4 Å². The molecule has 0 aromatic carbocycles. The minimum Gasteiger partial charge on any atom is -0.489 e. The number of rotatable bonds is 15. The molecule has 0 unspecified atom stereocenters. The Morgan fingerprint density at radius 1 is 0.617 bits per heavy atom. The molecule has 12 rings (SSSR count). The second-order valence-corrected chi connectivity index (χ2v) is 22.0. The van der Waals surface area contributed by atoms with Crippen molar-refractivity contribution in [3.05, 3.63) is 121 Å². The number of methoxy groups -OCH3 is 2. The molecule has 4 atom stereocenters. The number of aromatic nitrogens is 10. The number of likely N-dealkylation sites (tertiary alicyclic amines) is 1. The molecule has 0 radical (unpaired) electrons. The molecule has 418 valence electrons. The van der Waals surface area contributed by atoms with E-state index in [1.54, 1.807) is 93.1 Å². The summed E-state index contributed by atoms with van der Waals surface area (Å²) >= 11 is 0. The van der Waals surface area contributed by atoms with Crippen molar-refractivity contribution >= 4 is 29.0 Å². The monoisotopic (exact) mass is 1100 g/mol. The Kier molecular flexibility index (Phi) is 16.3. The molecule has 4 aliphatic rings. The number of hydrogen-bond donors (Lipinski definition) is 3. The van der Waals surface area contributed by atoms with Gasteiger partial charge in [-0.15, -0.1) is 0 Å². The number of nitriles is 2. The molecule has 4 fully saturated rings. The normalized spacial score (nSPS) is 18.5. The number of carbonyl (C=O) groups excluding carboxylic acids is 1. The van der Waals surface area contributed by atoms with E-state index in [-0.39, 0.29) is 13.2 Å². The first kappa shape index (κ1) is 55.4. The van der Waals surface area contributed by atoms with Crippen LogP contribution in [0.4, 0.5) is 11.6 Å². The van der Waals surface area contributed by atoms with Gasteiger partial charge in [-0.1, -0.05) is 6.07 Å². The quantitative estimate of drug-likeness (QED) is 0.112. The number of fused-ring (bicyclic) bond motifs is 4. The number of nitrogens with one attached hydrogen (secondary N) is 1. The van der Waals surface area contributed by atoms with E-state index in [0.717, 1.165) is 76.8 Å². The third-order valence-corrected chi connectivity index (χ3v) is 14.5. The molecule has 4 saturated heterocycles. The average molecular weight is 1100 g/mol. The maximum absolute atomic E-state index is 10.1. The molecule has 8 aromatic rings. The number of pyridine rings is 4. The van der Waals surface area contributed by atoms with Crippen LogP contribution in [0, 0.1) is 46.3 Å². The Hall–Kier alpha value is -8.87. The molecule has 0 saturated carbocycles. The second-order valence-electron chi connectivity index (χ2n) is 22.0. The molecule has 3 N–H and O–H groups in total. The van der Waals surface area contributed by atoms with Crippen molar-refractivity contribution in [2.75, 3.05) is 89.6 Å². The van der Waals surface area contributed by atoms with Crippen molar-refractivity contribution in [1.29, 1.82) is 10.5 Å². The summed E-state index contributed by atoms with van der Waals surface area (Å²) in [6.07, 6.45) is 17.6. The molecule has 4 aliphatic heterocycles. The summed E-state index contributed by atoms with van der Waals surface area (Å²) in [5, 5.41) is 51.3.